The number of carbonyl (C=O) groups excluding carboxylic acids is 1. The third-order valence-electron chi connectivity index (χ3n) is 1.92. The molecule has 0 unspecified atom stereocenters. The van der Waals surface area contributed by atoms with Crippen molar-refractivity contribution in [1.82, 2.24) is 4.90 Å². The zero-order valence-corrected chi connectivity index (χ0v) is 10.9. The van der Waals surface area contributed by atoms with Gasteiger partial charge in [-0.2, -0.15) is 0 Å². The Bertz CT molecular complexity index is 209. The second kappa shape index (κ2) is 5.94. The van der Waals surface area contributed by atoms with Gasteiger partial charge in [0.1, 0.15) is 0 Å². The Kier molecular flexibility index (Phi) is 5.63. The van der Waals surface area contributed by atoms with Gasteiger partial charge in [0.15, 0.2) is 0 Å². The maximum atomic E-state index is 10.8. The van der Waals surface area contributed by atoms with Crippen molar-refractivity contribution in [3.8, 4) is 0 Å². The predicted molar refractivity (Wildman–Crippen MR) is 65.8 cm³/mol. The minimum absolute atomic E-state index is 0.188. The van der Waals surface area contributed by atoms with E-state index >= 15 is 0 Å². The van der Waals surface area contributed by atoms with Gasteiger partial charge in [0, 0.05) is 20.0 Å². The van der Waals surface area contributed by atoms with E-state index in [4.69, 9.17) is 0 Å². The van der Waals surface area contributed by atoms with Gasteiger partial charge < -0.3 is 4.90 Å². The quantitative estimate of drug-likeness (QED) is 0.563. The first-order valence-electron chi connectivity index (χ1n) is 5.62. The number of nitrogens with zero attached hydrogens (tertiary/aromatic N) is 1. The maximum Gasteiger partial charge on any atom is 0.219 e. The first kappa shape index (κ1) is 14.2. The molecule has 0 spiro atoms. The van der Waals surface area contributed by atoms with Crippen LogP contribution >= 0.6 is 0 Å². The topological polar surface area (TPSA) is 20.3 Å². The molecule has 0 aliphatic carbocycles. The van der Waals surface area contributed by atoms with E-state index in [2.05, 4.69) is 34.3 Å². The summed E-state index contributed by atoms with van der Waals surface area (Å²) in [4.78, 5) is 12.7. The molecule has 1 amide bonds. The third kappa shape index (κ3) is 9.51. The van der Waals surface area contributed by atoms with Crippen LogP contribution in [-0.2, 0) is 4.79 Å². The van der Waals surface area contributed by atoms with Crippen molar-refractivity contribution in [3.63, 3.8) is 0 Å². The van der Waals surface area contributed by atoms with E-state index in [0.29, 0.717) is 5.41 Å². The van der Waals surface area contributed by atoms with Crippen LogP contribution in [-0.4, -0.2) is 23.9 Å². The summed E-state index contributed by atoms with van der Waals surface area (Å²) in [5, 5.41) is 0. The standard InChI is InChI=1S/C8H13NO.C5H12/c1-7-3-5-9(6-4-7)8(2)10;1-5(2,3)4/h1,3-6H2,2H3;1-4H3. The molecular weight excluding hydrogens is 186 g/mol. The summed E-state index contributed by atoms with van der Waals surface area (Å²) in [5.74, 6) is 0.188. The zero-order valence-electron chi connectivity index (χ0n) is 10.9. The average Bonchev–Trinajstić information content (AvgIpc) is 2.01. The molecule has 0 aromatic rings. The van der Waals surface area contributed by atoms with Crippen LogP contribution < -0.4 is 0 Å². The average molecular weight is 211 g/mol. The summed E-state index contributed by atoms with van der Waals surface area (Å²) in [5.41, 5.74) is 1.78. The summed E-state index contributed by atoms with van der Waals surface area (Å²) in [7, 11) is 0. The SMILES string of the molecule is C=C1CCN(C(C)=O)CC1.CC(C)(C)C. The number of amides is 1. The minimum atomic E-state index is 0.188. The first-order valence-corrected chi connectivity index (χ1v) is 5.62. The van der Waals surface area contributed by atoms with E-state index in [0.717, 1.165) is 25.9 Å². The fourth-order valence-corrected chi connectivity index (χ4v) is 1.14. The normalized spacial score (nSPS) is 16.9. The van der Waals surface area contributed by atoms with Crippen LogP contribution in [0.3, 0.4) is 0 Å². The zero-order chi connectivity index (χ0) is 12.1. The van der Waals surface area contributed by atoms with Crippen LogP contribution in [0.25, 0.3) is 0 Å². The summed E-state index contributed by atoms with van der Waals surface area (Å²) >= 11 is 0. The summed E-state index contributed by atoms with van der Waals surface area (Å²) in [6.45, 7) is 16.0. The minimum Gasteiger partial charge on any atom is -0.342 e. The highest BCUT2D eigenvalue weighted by molar-refractivity contribution is 5.73. The first-order chi connectivity index (χ1) is 6.70. The van der Waals surface area contributed by atoms with Gasteiger partial charge in [-0.1, -0.05) is 39.8 Å². The molecule has 88 valence electrons. The van der Waals surface area contributed by atoms with Crippen LogP contribution in [0.2, 0.25) is 0 Å². The van der Waals surface area contributed by atoms with Gasteiger partial charge >= 0.3 is 0 Å². The fourth-order valence-electron chi connectivity index (χ4n) is 1.14. The lowest BCUT2D eigenvalue weighted by molar-refractivity contribution is -0.129. The molecule has 0 atom stereocenters. The molecule has 0 radical (unpaired) electrons. The van der Waals surface area contributed by atoms with E-state index in [1.54, 1.807) is 6.92 Å². The highest BCUT2D eigenvalue weighted by Crippen LogP contribution is 2.13. The number of likely N-dealkylation sites (tertiary alicyclic amines) is 1. The van der Waals surface area contributed by atoms with Crippen LogP contribution in [0.15, 0.2) is 12.2 Å². The predicted octanol–water partition coefficient (Wildman–Crippen LogP) is 3.24. The molecule has 0 bridgehead atoms. The molecular formula is C13H25NO. The molecule has 1 heterocycles. The van der Waals surface area contributed by atoms with Gasteiger partial charge in [0.2, 0.25) is 5.91 Å². The molecule has 0 saturated carbocycles. The van der Waals surface area contributed by atoms with Crippen LogP contribution in [0.5, 0.6) is 0 Å². The number of piperidine rings is 1. The smallest absolute Gasteiger partial charge is 0.219 e. The summed E-state index contributed by atoms with van der Waals surface area (Å²) in [6, 6.07) is 0. The molecule has 0 N–H and O–H groups in total. The maximum absolute atomic E-state index is 10.8. The van der Waals surface area contributed by atoms with E-state index < -0.39 is 0 Å². The van der Waals surface area contributed by atoms with Crippen molar-refractivity contribution in [2.75, 3.05) is 13.1 Å². The van der Waals surface area contributed by atoms with Crippen molar-refractivity contribution >= 4 is 5.91 Å². The highest BCUT2D eigenvalue weighted by Gasteiger charge is 2.13. The number of rotatable bonds is 0. The third-order valence-corrected chi connectivity index (χ3v) is 1.92. The number of hydrogen-bond acceptors (Lipinski definition) is 1. The molecule has 0 aromatic carbocycles. The molecule has 1 fully saturated rings. The second-order valence-electron chi connectivity index (χ2n) is 5.76. The largest absolute Gasteiger partial charge is 0.342 e. The van der Waals surface area contributed by atoms with Crippen LogP contribution in [0.1, 0.15) is 47.5 Å². The molecule has 1 saturated heterocycles. The lowest BCUT2D eigenvalue weighted by Crippen LogP contribution is -2.34. The summed E-state index contributed by atoms with van der Waals surface area (Å²) in [6.07, 6.45) is 1.97. The van der Waals surface area contributed by atoms with Crippen molar-refractivity contribution in [2.24, 2.45) is 5.41 Å². The van der Waals surface area contributed by atoms with E-state index in [-0.39, 0.29) is 5.91 Å². The van der Waals surface area contributed by atoms with Gasteiger partial charge in [-0.05, 0) is 18.3 Å². The van der Waals surface area contributed by atoms with Gasteiger partial charge in [0.25, 0.3) is 0 Å². The van der Waals surface area contributed by atoms with Crippen LogP contribution in [0.4, 0.5) is 0 Å². The molecule has 0 aromatic heterocycles. The molecule has 1 aliphatic rings. The Hall–Kier alpha value is -0.790. The lowest BCUT2D eigenvalue weighted by atomic mass is 10.0. The van der Waals surface area contributed by atoms with Crippen molar-refractivity contribution < 1.29 is 4.79 Å². The Balaban J connectivity index is 0.000000336. The molecule has 1 rings (SSSR count). The Labute approximate surface area is 94.4 Å². The van der Waals surface area contributed by atoms with Gasteiger partial charge in [-0.3, -0.25) is 4.79 Å². The molecule has 15 heavy (non-hydrogen) atoms. The molecule has 2 heteroatoms. The van der Waals surface area contributed by atoms with Crippen molar-refractivity contribution in [2.45, 2.75) is 47.5 Å². The Morgan fingerprint density at radius 1 is 1.20 bits per heavy atom. The Morgan fingerprint density at radius 2 is 1.53 bits per heavy atom. The van der Waals surface area contributed by atoms with Gasteiger partial charge in [-0.15, -0.1) is 0 Å². The molecule has 2 nitrogen and oxygen atoms in total. The van der Waals surface area contributed by atoms with E-state index in [9.17, 15) is 4.79 Å². The van der Waals surface area contributed by atoms with Crippen molar-refractivity contribution in [1.29, 1.82) is 0 Å². The van der Waals surface area contributed by atoms with E-state index in [1.807, 2.05) is 4.90 Å². The van der Waals surface area contributed by atoms with Gasteiger partial charge in [0.05, 0.1) is 0 Å². The second-order valence-corrected chi connectivity index (χ2v) is 5.76. The number of hydrogen-bond donors (Lipinski definition) is 0. The fraction of sp³-hybridized carbons (Fsp3) is 0.769. The molecule has 1 aliphatic heterocycles. The Morgan fingerprint density at radius 3 is 1.80 bits per heavy atom. The highest BCUT2D eigenvalue weighted by atomic mass is 16.2. The van der Waals surface area contributed by atoms with E-state index in [1.165, 1.54) is 5.57 Å². The lowest BCUT2D eigenvalue weighted by Gasteiger charge is -2.26. The van der Waals surface area contributed by atoms with Crippen molar-refractivity contribution in [3.05, 3.63) is 12.2 Å². The van der Waals surface area contributed by atoms with Gasteiger partial charge in [-0.25, -0.2) is 0 Å². The monoisotopic (exact) mass is 211 g/mol. The summed E-state index contributed by atoms with van der Waals surface area (Å²) < 4.78 is 0. The van der Waals surface area contributed by atoms with Crippen LogP contribution in [0, 0.1) is 5.41 Å². The number of carbonyl (C=O) groups is 1.